The van der Waals surface area contributed by atoms with Crippen LogP contribution in [0.15, 0.2) is 24.3 Å². The van der Waals surface area contributed by atoms with E-state index in [1.807, 2.05) is 19.1 Å². The molecule has 0 bridgehead atoms. The lowest BCUT2D eigenvalue weighted by Crippen LogP contribution is -2.89. The van der Waals surface area contributed by atoms with Gasteiger partial charge in [0.15, 0.2) is 0 Å². The number of hydrogen-bond acceptors (Lipinski definition) is 2. The number of carbonyl (C=O) groups excluding carboxylic acids is 1. The zero-order chi connectivity index (χ0) is 14.4. The monoisotopic (exact) mass is 281 g/mol. The minimum absolute atomic E-state index is 0.146. The molecule has 0 aromatic heterocycles. The van der Waals surface area contributed by atoms with Crippen LogP contribution in [0.3, 0.4) is 0 Å². The molecule has 1 saturated heterocycles. The van der Waals surface area contributed by atoms with Gasteiger partial charge in [-0.25, -0.2) is 9.18 Å². The molecule has 110 valence electrons. The van der Waals surface area contributed by atoms with Gasteiger partial charge in [-0.05, 0) is 13.0 Å². The van der Waals surface area contributed by atoms with Crippen LogP contribution in [0.1, 0.15) is 25.3 Å². The van der Waals surface area contributed by atoms with Crippen molar-refractivity contribution in [2.75, 3.05) is 19.7 Å². The molecule has 0 atom stereocenters. The normalized spacial score (nSPS) is 16.2. The summed E-state index contributed by atoms with van der Waals surface area (Å²) in [5.41, 5.74) is 0.736. The second-order valence-electron chi connectivity index (χ2n) is 5.05. The number of piperidine rings is 1. The molecule has 0 radical (unpaired) electrons. The molecule has 0 saturated carbocycles. The van der Waals surface area contributed by atoms with Crippen LogP contribution in [0.25, 0.3) is 0 Å². The standard InChI is InChI=1S/C15H21FN2O2/c1-2-20-15(19)18-9-7-13(8-10-18)17-11-12-5-3-4-6-14(12)16/h3-6,13,17H,2,7-11H2,1H3/p+1. The van der Waals surface area contributed by atoms with Gasteiger partial charge in [-0.15, -0.1) is 0 Å². The number of amides is 1. The minimum atomic E-state index is -0.222. The largest absolute Gasteiger partial charge is 0.450 e. The highest BCUT2D eigenvalue weighted by molar-refractivity contribution is 5.67. The molecule has 0 aliphatic carbocycles. The van der Waals surface area contributed by atoms with Crippen LogP contribution in [0.4, 0.5) is 9.18 Å². The summed E-state index contributed by atoms with van der Waals surface area (Å²) in [4.78, 5) is 13.3. The number of likely N-dealkylation sites (tertiary alicyclic amines) is 1. The van der Waals surface area contributed by atoms with Gasteiger partial charge in [-0.2, -0.15) is 0 Å². The number of hydrogen-bond donors (Lipinski definition) is 1. The first kappa shape index (κ1) is 14.8. The second-order valence-corrected chi connectivity index (χ2v) is 5.05. The van der Waals surface area contributed by atoms with E-state index in [2.05, 4.69) is 5.32 Å². The third kappa shape index (κ3) is 3.93. The third-order valence-corrected chi connectivity index (χ3v) is 3.69. The van der Waals surface area contributed by atoms with Crippen molar-refractivity contribution in [1.82, 2.24) is 4.90 Å². The van der Waals surface area contributed by atoms with Crippen LogP contribution < -0.4 is 5.32 Å². The lowest BCUT2D eigenvalue weighted by molar-refractivity contribution is -0.706. The highest BCUT2D eigenvalue weighted by Crippen LogP contribution is 2.10. The van der Waals surface area contributed by atoms with E-state index in [4.69, 9.17) is 4.74 Å². The van der Waals surface area contributed by atoms with E-state index in [9.17, 15) is 9.18 Å². The van der Waals surface area contributed by atoms with Crippen molar-refractivity contribution < 1.29 is 19.2 Å². The van der Waals surface area contributed by atoms with E-state index in [1.165, 1.54) is 6.07 Å². The smallest absolute Gasteiger partial charge is 0.409 e. The Balaban J connectivity index is 1.75. The molecule has 2 N–H and O–H groups in total. The minimum Gasteiger partial charge on any atom is -0.450 e. The summed E-state index contributed by atoms with van der Waals surface area (Å²) < 4.78 is 18.5. The van der Waals surface area contributed by atoms with Crippen molar-refractivity contribution in [2.24, 2.45) is 0 Å². The predicted octanol–water partition coefficient (Wildman–Crippen LogP) is 1.51. The van der Waals surface area contributed by atoms with Gasteiger partial charge in [0.2, 0.25) is 0 Å². The summed E-state index contributed by atoms with van der Waals surface area (Å²) in [5, 5.41) is 2.17. The van der Waals surface area contributed by atoms with E-state index in [0.717, 1.165) is 31.5 Å². The Morgan fingerprint density at radius 3 is 2.75 bits per heavy atom. The summed E-state index contributed by atoms with van der Waals surface area (Å²) in [5.74, 6) is -0.146. The molecule has 2 rings (SSSR count). The number of benzene rings is 1. The third-order valence-electron chi connectivity index (χ3n) is 3.69. The molecule has 5 heteroatoms. The van der Waals surface area contributed by atoms with Crippen molar-refractivity contribution >= 4 is 6.09 Å². The van der Waals surface area contributed by atoms with E-state index >= 15 is 0 Å². The zero-order valence-electron chi connectivity index (χ0n) is 11.8. The SMILES string of the molecule is CCOC(=O)N1CCC([NH2+]Cc2ccccc2F)CC1. The fraction of sp³-hybridized carbons (Fsp3) is 0.533. The number of rotatable bonds is 4. The Morgan fingerprint density at radius 1 is 1.40 bits per heavy atom. The Hall–Kier alpha value is -1.62. The summed E-state index contributed by atoms with van der Waals surface area (Å²) in [7, 11) is 0. The lowest BCUT2D eigenvalue weighted by atomic mass is 10.0. The van der Waals surface area contributed by atoms with Gasteiger partial charge in [0.05, 0.1) is 12.6 Å². The van der Waals surface area contributed by atoms with Gasteiger partial charge < -0.3 is 15.0 Å². The van der Waals surface area contributed by atoms with Crippen molar-refractivity contribution in [3.63, 3.8) is 0 Å². The van der Waals surface area contributed by atoms with Gasteiger partial charge in [0.25, 0.3) is 0 Å². The van der Waals surface area contributed by atoms with Crippen LogP contribution in [-0.4, -0.2) is 36.7 Å². The Morgan fingerprint density at radius 2 is 2.10 bits per heavy atom. The number of nitrogens with zero attached hydrogens (tertiary/aromatic N) is 1. The van der Waals surface area contributed by atoms with Crippen LogP contribution in [-0.2, 0) is 11.3 Å². The molecule has 1 aliphatic rings. The van der Waals surface area contributed by atoms with Gasteiger partial charge in [0, 0.05) is 31.5 Å². The average molecular weight is 281 g/mol. The van der Waals surface area contributed by atoms with E-state index in [0.29, 0.717) is 19.2 Å². The molecule has 1 heterocycles. The molecule has 1 aliphatic heterocycles. The topological polar surface area (TPSA) is 46.1 Å². The fourth-order valence-electron chi connectivity index (χ4n) is 2.49. The zero-order valence-corrected chi connectivity index (χ0v) is 11.8. The molecule has 0 spiro atoms. The molecular weight excluding hydrogens is 259 g/mol. The lowest BCUT2D eigenvalue weighted by Gasteiger charge is -2.29. The van der Waals surface area contributed by atoms with E-state index < -0.39 is 0 Å². The predicted molar refractivity (Wildman–Crippen MR) is 73.6 cm³/mol. The number of quaternary nitrogens is 1. The van der Waals surface area contributed by atoms with E-state index in [-0.39, 0.29) is 11.9 Å². The van der Waals surface area contributed by atoms with Crippen molar-refractivity contribution in [1.29, 1.82) is 0 Å². The van der Waals surface area contributed by atoms with Crippen molar-refractivity contribution in [3.05, 3.63) is 35.6 Å². The van der Waals surface area contributed by atoms with Crippen LogP contribution in [0.2, 0.25) is 0 Å². The van der Waals surface area contributed by atoms with Crippen molar-refractivity contribution in [2.45, 2.75) is 32.4 Å². The second kappa shape index (κ2) is 7.24. The molecule has 1 aromatic carbocycles. The van der Waals surface area contributed by atoms with Gasteiger partial charge in [-0.1, -0.05) is 18.2 Å². The number of carbonyl (C=O) groups is 1. The van der Waals surface area contributed by atoms with Gasteiger partial charge in [0.1, 0.15) is 12.4 Å². The highest BCUT2D eigenvalue weighted by Gasteiger charge is 2.25. The maximum Gasteiger partial charge on any atom is 0.409 e. The maximum absolute atomic E-state index is 13.5. The van der Waals surface area contributed by atoms with Gasteiger partial charge in [-0.3, -0.25) is 0 Å². The molecule has 0 unspecified atom stereocenters. The van der Waals surface area contributed by atoms with Gasteiger partial charge >= 0.3 is 6.09 Å². The quantitative estimate of drug-likeness (QED) is 0.909. The first-order chi connectivity index (χ1) is 9.70. The van der Waals surface area contributed by atoms with Crippen molar-refractivity contribution in [3.8, 4) is 0 Å². The first-order valence-electron chi connectivity index (χ1n) is 7.19. The summed E-state index contributed by atoms with van der Waals surface area (Å²) >= 11 is 0. The summed E-state index contributed by atoms with van der Waals surface area (Å²) in [6, 6.07) is 7.32. The molecule has 1 fully saturated rings. The number of halogens is 1. The maximum atomic E-state index is 13.5. The Bertz CT molecular complexity index is 445. The fourth-order valence-corrected chi connectivity index (χ4v) is 2.49. The molecule has 1 aromatic rings. The highest BCUT2D eigenvalue weighted by atomic mass is 19.1. The number of ether oxygens (including phenoxy) is 1. The molecule has 20 heavy (non-hydrogen) atoms. The molecule has 4 nitrogen and oxygen atoms in total. The number of nitrogens with two attached hydrogens (primary N) is 1. The first-order valence-corrected chi connectivity index (χ1v) is 7.19. The summed E-state index contributed by atoms with van der Waals surface area (Å²) in [6.45, 7) is 4.32. The van der Waals surface area contributed by atoms with Crippen LogP contribution in [0, 0.1) is 5.82 Å². The molecular formula is C15H22FN2O2+. The van der Waals surface area contributed by atoms with Crippen LogP contribution in [0.5, 0.6) is 0 Å². The summed E-state index contributed by atoms with van der Waals surface area (Å²) in [6.07, 6.45) is 1.63. The molecule has 1 amide bonds. The Kier molecular flexibility index (Phi) is 5.35. The van der Waals surface area contributed by atoms with E-state index in [1.54, 1.807) is 11.0 Å². The Labute approximate surface area is 118 Å². The average Bonchev–Trinajstić information content (AvgIpc) is 2.47. The van der Waals surface area contributed by atoms with Crippen LogP contribution >= 0.6 is 0 Å².